The van der Waals surface area contributed by atoms with Crippen LogP contribution >= 0.6 is 11.6 Å². The predicted molar refractivity (Wildman–Crippen MR) is 81.1 cm³/mol. The second-order valence-electron chi connectivity index (χ2n) is 4.82. The Morgan fingerprint density at radius 2 is 2.29 bits per heavy atom. The van der Waals surface area contributed by atoms with Crippen molar-refractivity contribution in [3.05, 3.63) is 23.2 Å². The van der Waals surface area contributed by atoms with Crippen molar-refractivity contribution in [2.75, 3.05) is 37.4 Å². The van der Waals surface area contributed by atoms with Crippen LogP contribution in [0.25, 0.3) is 0 Å². The molecule has 6 nitrogen and oxygen atoms in total. The van der Waals surface area contributed by atoms with E-state index >= 15 is 0 Å². The van der Waals surface area contributed by atoms with Gasteiger partial charge in [0, 0.05) is 25.2 Å². The average molecular weight is 312 g/mol. The van der Waals surface area contributed by atoms with Crippen LogP contribution in [0.3, 0.4) is 0 Å². The molecule has 1 saturated heterocycles. The van der Waals surface area contributed by atoms with Crippen LogP contribution in [0.4, 0.5) is 11.4 Å². The molecule has 0 aliphatic carbocycles. The van der Waals surface area contributed by atoms with Crippen LogP contribution < -0.4 is 11.1 Å². The number of carbonyl (C=O) groups excluding carboxylic acids is 2. The van der Waals surface area contributed by atoms with Crippen molar-refractivity contribution in [2.45, 2.75) is 12.8 Å². The molecular formula is C14H18ClN3O3. The third-order valence-corrected chi connectivity index (χ3v) is 3.54. The van der Waals surface area contributed by atoms with Gasteiger partial charge in [-0.15, -0.1) is 0 Å². The molecule has 0 atom stereocenters. The Bertz CT molecular complexity index is 536. The van der Waals surface area contributed by atoms with E-state index in [9.17, 15) is 9.59 Å². The molecule has 0 spiro atoms. The number of rotatable bonds is 5. The number of carbonyl (C=O) groups is 2. The summed E-state index contributed by atoms with van der Waals surface area (Å²) in [6.07, 6.45) is 0.952. The highest BCUT2D eigenvalue weighted by Gasteiger charge is 2.18. The minimum absolute atomic E-state index is 0.0212. The largest absolute Gasteiger partial charge is 0.397 e. The highest BCUT2D eigenvalue weighted by atomic mass is 35.5. The number of amides is 2. The SMILES string of the molecule is Nc1cc(NC(=O)CCCN2CCOCC2=O)ccc1Cl. The fourth-order valence-corrected chi connectivity index (χ4v) is 2.18. The van der Waals surface area contributed by atoms with E-state index in [1.54, 1.807) is 23.1 Å². The molecule has 0 saturated carbocycles. The zero-order chi connectivity index (χ0) is 15.2. The topological polar surface area (TPSA) is 84.7 Å². The van der Waals surface area contributed by atoms with Gasteiger partial charge in [-0.05, 0) is 24.6 Å². The summed E-state index contributed by atoms with van der Waals surface area (Å²) in [6.45, 7) is 1.85. The maximum atomic E-state index is 11.8. The van der Waals surface area contributed by atoms with Gasteiger partial charge in [0.25, 0.3) is 0 Å². The number of nitrogens with one attached hydrogen (secondary N) is 1. The van der Waals surface area contributed by atoms with Gasteiger partial charge >= 0.3 is 0 Å². The van der Waals surface area contributed by atoms with Crippen LogP contribution in [0.15, 0.2) is 18.2 Å². The fraction of sp³-hybridized carbons (Fsp3) is 0.429. The number of morpholine rings is 1. The third-order valence-electron chi connectivity index (χ3n) is 3.20. The van der Waals surface area contributed by atoms with Crippen LogP contribution in [0.5, 0.6) is 0 Å². The Balaban J connectivity index is 1.74. The van der Waals surface area contributed by atoms with E-state index < -0.39 is 0 Å². The number of halogens is 1. The van der Waals surface area contributed by atoms with E-state index in [0.29, 0.717) is 48.9 Å². The zero-order valence-corrected chi connectivity index (χ0v) is 12.4. The van der Waals surface area contributed by atoms with E-state index in [2.05, 4.69) is 5.32 Å². The summed E-state index contributed by atoms with van der Waals surface area (Å²) in [5.41, 5.74) is 6.71. The van der Waals surface area contributed by atoms with Gasteiger partial charge in [-0.1, -0.05) is 11.6 Å². The molecule has 114 valence electrons. The number of anilines is 2. The van der Waals surface area contributed by atoms with Gasteiger partial charge in [-0.25, -0.2) is 0 Å². The monoisotopic (exact) mass is 311 g/mol. The van der Waals surface area contributed by atoms with E-state index in [4.69, 9.17) is 22.1 Å². The molecule has 2 rings (SSSR count). The summed E-state index contributed by atoms with van der Waals surface area (Å²) in [7, 11) is 0. The normalized spacial score (nSPS) is 15.1. The predicted octanol–water partition coefficient (Wildman–Crippen LogP) is 1.50. The summed E-state index contributed by atoms with van der Waals surface area (Å²) >= 11 is 5.82. The van der Waals surface area contributed by atoms with Crippen molar-refractivity contribution in [3.63, 3.8) is 0 Å². The van der Waals surface area contributed by atoms with Crippen molar-refractivity contribution in [3.8, 4) is 0 Å². The smallest absolute Gasteiger partial charge is 0.248 e. The summed E-state index contributed by atoms with van der Waals surface area (Å²) in [5.74, 6) is -0.135. The van der Waals surface area contributed by atoms with Gasteiger partial charge in [0.1, 0.15) is 6.61 Å². The Labute approximate surface area is 128 Å². The molecule has 1 heterocycles. The van der Waals surface area contributed by atoms with Gasteiger partial charge in [0.05, 0.1) is 17.3 Å². The van der Waals surface area contributed by atoms with Gasteiger partial charge in [0.2, 0.25) is 11.8 Å². The van der Waals surface area contributed by atoms with Crippen LogP contribution in [-0.2, 0) is 14.3 Å². The Kier molecular flexibility index (Phi) is 5.41. The number of hydrogen-bond acceptors (Lipinski definition) is 4. The van der Waals surface area contributed by atoms with Crippen LogP contribution in [0.2, 0.25) is 5.02 Å². The average Bonchev–Trinajstić information content (AvgIpc) is 2.45. The number of nitrogens with zero attached hydrogens (tertiary/aromatic N) is 1. The molecular weight excluding hydrogens is 294 g/mol. The van der Waals surface area contributed by atoms with Gasteiger partial charge in [-0.3, -0.25) is 9.59 Å². The molecule has 21 heavy (non-hydrogen) atoms. The highest BCUT2D eigenvalue weighted by molar-refractivity contribution is 6.33. The summed E-state index contributed by atoms with van der Waals surface area (Å²) in [6, 6.07) is 4.95. The van der Waals surface area contributed by atoms with Crippen molar-refractivity contribution in [2.24, 2.45) is 0 Å². The molecule has 1 aromatic carbocycles. The Morgan fingerprint density at radius 3 is 3.00 bits per heavy atom. The van der Waals surface area contributed by atoms with Crippen molar-refractivity contribution < 1.29 is 14.3 Å². The molecule has 0 aromatic heterocycles. The Hall–Kier alpha value is -1.79. The van der Waals surface area contributed by atoms with Gasteiger partial charge in [-0.2, -0.15) is 0 Å². The van der Waals surface area contributed by atoms with E-state index in [-0.39, 0.29) is 18.4 Å². The first-order valence-corrected chi connectivity index (χ1v) is 7.14. The minimum Gasteiger partial charge on any atom is -0.397 e. The molecule has 1 aliphatic heterocycles. The number of hydrogen-bond donors (Lipinski definition) is 2. The van der Waals surface area contributed by atoms with Crippen molar-refractivity contribution in [1.82, 2.24) is 4.90 Å². The van der Waals surface area contributed by atoms with E-state index in [1.807, 2.05) is 0 Å². The first-order valence-electron chi connectivity index (χ1n) is 6.76. The maximum Gasteiger partial charge on any atom is 0.248 e. The highest BCUT2D eigenvalue weighted by Crippen LogP contribution is 2.22. The molecule has 1 aliphatic rings. The first kappa shape index (κ1) is 15.6. The first-order chi connectivity index (χ1) is 10.1. The molecule has 0 unspecified atom stereocenters. The summed E-state index contributed by atoms with van der Waals surface area (Å²) in [4.78, 5) is 25.0. The summed E-state index contributed by atoms with van der Waals surface area (Å²) < 4.78 is 5.05. The van der Waals surface area contributed by atoms with E-state index in [1.165, 1.54) is 0 Å². The lowest BCUT2D eigenvalue weighted by molar-refractivity contribution is -0.142. The number of ether oxygens (including phenoxy) is 1. The number of nitrogen functional groups attached to an aromatic ring is 1. The number of nitrogens with two attached hydrogens (primary N) is 1. The van der Waals surface area contributed by atoms with Gasteiger partial charge in [0.15, 0.2) is 0 Å². The minimum atomic E-state index is -0.113. The second-order valence-corrected chi connectivity index (χ2v) is 5.23. The molecule has 7 heteroatoms. The van der Waals surface area contributed by atoms with Crippen molar-refractivity contribution >= 4 is 34.8 Å². The lowest BCUT2D eigenvalue weighted by atomic mass is 10.2. The third kappa shape index (κ3) is 4.61. The standard InChI is InChI=1S/C14H18ClN3O3/c15-11-4-3-10(8-12(11)16)17-13(19)2-1-5-18-6-7-21-9-14(18)20/h3-4,8H,1-2,5-7,9,16H2,(H,17,19). The molecule has 1 fully saturated rings. The maximum absolute atomic E-state index is 11.8. The van der Waals surface area contributed by atoms with Crippen LogP contribution in [0.1, 0.15) is 12.8 Å². The molecule has 0 radical (unpaired) electrons. The fourth-order valence-electron chi connectivity index (χ4n) is 2.06. The molecule has 0 bridgehead atoms. The zero-order valence-electron chi connectivity index (χ0n) is 11.6. The van der Waals surface area contributed by atoms with Crippen LogP contribution in [0, 0.1) is 0 Å². The van der Waals surface area contributed by atoms with E-state index in [0.717, 1.165) is 0 Å². The second kappa shape index (κ2) is 7.28. The molecule has 2 amide bonds. The molecule has 3 N–H and O–H groups in total. The quantitative estimate of drug-likeness (QED) is 0.807. The molecule has 1 aromatic rings. The Morgan fingerprint density at radius 1 is 1.48 bits per heavy atom. The van der Waals surface area contributed by atoms with Crippen molar-refractivity contribution in [1.29, 1.82) is 0 Å². The number of benzene rings is 1. The van der Waals surface area contributed by atoms with Gasteiger partial charge < -0.3 is 20.7 Å². The lowest BCUT2D eigenvalue weighted by Crippen LogP contribution is -2.42. The van der Waals surface area contributed by atoms with Crippen LogP contribution in [-0.4, -0.2) is 43.0 Å². The summed E-state index contributed by atoms with van der Waals surface area (Å²) in [5, 5.41) is 3.21. The lowest BCUT2D eigenvalue weighted by Gasteiger charge is -2.26.